The Hall–Kier alpha value is -4.48. The van der Waals surface area contributed by atoms with Crippen LogP contribution in [0.5, 0.6) is 0 Å². The van der Waals surface area contributed by atoms with Gasteiger partial charge in [-0.3, -0.25) is 24.0 Å². The number of imidazole rings is 1. The molecule has 2 bridgehead atoms. The molecule has 42 heavy (non-hydrogen) atoms. The highest BCUT2D eigenvalue weighted by molar-refractivity contribution is 5.95. The molecule has 3 saturated heterocycles. The summed E-state index contributed by atoms with van der Waals surface area (Å²) in [6.07, 6.45) is 6.86. The second kappa shape index (κ2) is 12.2. The number of piperidine rings is 3. The summed E-state index contributed by atoms with van der Waals surface area (Å²) in [6.45, 7) is 5.34. The van der Waals surface area contributed by atoms with E-state index in [1.807, 2.05) is 59.1 Å². The predicted octanol–water partition coefficient (Wildman–Crippen LogP) is 1.93. The van der Waals surface area contributed by atoms with Crippen LogP contribution in [-0.2, 0) is 6.54 Å². The van der Waals surface area contributed by atoms with E-state index in [0.717, 1.165) is 62.1 Å². The number of rotatable bonds is 10. The van der Waals surface area contributed by atoms with Gasteiger partial charge >= 0.3 is 0 Å². The lowest BCUT2D eigenvalue weighted by atomic mass is 9.84. The van der Waals surface area contributed by atoms with Crippen LogP contribution < -0.4 is 27.7 Å². The van der Waals surface area contributed by atoms with Crippen LogP contribution in [-0.4, -0.2) is 69.9 Å². The average molecular weight is 568 g/mol. The van der Waals surface area contributed by atoms with Gasteiger partial charge in [0.2, 0.25) is 5.78 Å². The topological polar surface area (TPSA) is 159 Å². The molecule has 3 fully saturated rings. The van der Waals surface area contributed by atoms with E-state index < -0.39 is 0 Å². The number of hydrogen-bond donors (Lipinski definition) is 5. The van der Waals surface area contributed by atoms with Crippen LogP contribution in [0.2, 0.25) is 0 Å². The van der Waals surface area contributed by atoms with Crippen LogP contribution in [0.25, 0.3) is 28.2 Å². The first-order valence-electron chi connectivity index (χ1n) is 14.5. The molecule has 11 heteroatoms. The maximum absolute atomic E-state index is 12.9. The average Bonchev–Trinajstić information content (AvgIpc) is 3.42. The van der Waals surface area contributed by atoms with Crippen molar-refractivity contribution < 1.29 is 4.79 Å². The van der Waals surface area contributed by atoms with Crippen LogP contribution in [0.3, 0.4) is 0 Å². The zero-order chi connectivity index (χ0) is 29.1. The fourth-order valence-electron chi connectivity index (χ4n) is 5.92. The van der Waals surface area contributed by atoms with Crippen molar-refractivity contribution in [1.82, 2.24) is 29.9 Å². The normalized spacial score (nSPS) is 19.6. The van der Waals surface area contributed by atoms with E-state index in [-0.39, 0.29) is 23.5 Å². The third kappa shape index (κ3) is 6.22. The van der Waals surface area contributed by atoms with Crippen LogP contribution in [0.4, 0.5) is 0 Å². The highest BCUT2D eigenvalue weighted by atomic mass is 16.1. The second-order valence-corrected chi connectivity index (χ2v) is 11.2. The number of nitrogens with zero attached hydrogens (tertiary/aromatic N) is 4. The van der Waals surface area contributed by atoms with E-state index in [1.54, 1.807) is 6.20 Å². The molecule has 7 rings (SSSR count). The molecule has 5 heterocycles. The first-order valence-corrected chi connectivity index (χ1v) is 14.5. The van der Waals surface area contributed by atoms with E-state index in [9.17, 15) is 9.59 Å². The van der Waals surface area contributed by atoms with Gasteiger partial charge in [0, 0.05) is 49.2 Å². The molecule has 3 aliphatic heterocycles. The number of amides is 1. The third-order valence-electron chi connectivity index (χ3n) is 8.29. The summed E-state index contributed by atoms with van der Waals surface area (Å²) in [6, 6.07) is 15.6. The molecule has 218 valence electrons. The lowest BCUT2D eigenvalue weighted by Crippen LogP contribution is -2.57. The summed E-state index contributed by atoms with van der Waals surface area (Å²) < 4.78 is 1.83. The smallest absolute Gasteiger partial charge is 0.260 e. The first kappa shape index (κ1) is 27.7. The van der Waals surface area contributed by atoms with Gasteiger partial charge in [-0.05, 0) is 68.1 Å². The van der Waals surface area contributed by atoms with Gasteiger partial charge in [0.1, 0.15) is 0 Å². The van der Waals surface area contributed by atoms with Crippen molar-refractivity contribution in [1.29, 1.82) is 0 Å². The highest BCUT2D eigenvalue weighted by Crippen LogP contribution is 2.28. The Morgan fingerprint density at radius 3 is 2.45 bits per heavy atom. The van der Waals surface area contributed by atoms with E-state index in [0.29, 0.717) is 41.6 Å². The molecular weight excluding hydrogens is 530 g/mol. The van der Waals surface area contributed by atoms with E-state index >= 15 is 0 Å². The molecule has 7 N–H and O–H groups in total. The molecule has 2 aromatic heterocycles. The van der Waals surface area contributed by atoms with E-state index in [2.05, 4.69) is 30.5 Å². The Balaban J connectivity index is 1.10. The Morgan fingerprint density at radius 1 is 1.02 bits per heavy atom. The summed E-state index contributed by atoms with van der Waals surface area (Å²) in [5, 5.41) is 6.61. The van der Waals surface area contributed by atoms with Crippen molar-refractivity contribution in [3.8, 4) is 22.4 Å². The van der Waals surface area contributed by atoms with Gasteiger partial charge in [-0.15, -0.1) is 0 Å². The fourth-order valence-corrected chi connectivity index (χ4v) is 5.92. The molecule has 4 aromatic rings. The van der Waals surface area contributed by atoms with Crippen molar-refractivity contribution in [2.45, 2.75) is 31.8 Å². The zero-order valence-electron chi connectivity index (χ0n) is 23.6. The van der Waals surface area contributed by atoms with Crippen molar-refractivity contribution >= 4 is 17.6 Å². The second-order valence-electron chi connectivity index (χ2n) is 11.2. The molecule has 0 radical (unpaired) electrons. The Labute approximate surface area is 244 Å². The van der Waals surface area contributed by atoms with Crippen molar-refractivity contribution in [2.75, 3.05) is 32.7 Å². The van der Waals surface area contributed by atoms with Gasteiger partial charge in [0.25, 0.3) is 11.5 Å². The van der Waals surface area contributed by atoms with Crippen molar-refractivity contribution in [3.63, 3.8) is 0 Å². The molecule has 1 atom stereocenters. The lowest BCUT2D eigenvalue weighted by molar-refractivity contribution is 0.0620. The largest absolute Gasteiger partial charge is 0.370 e. The number of H-pyrrole nitrogens is 1. The number of guanidine groups is 1. The van der Waals surface area contributed by atoms with Crippen LogP contribution in [0.1, 0.15) is 35.2 Å². The number of aliphatic imine (C=N–C) groups is 1. The first-order chi connectivity index (χ1) is 20.4. The van der Waals surface area contributed by atoms with Crippen molar-refractivity contribution in [2.24, 2.45) is 22.4 Å². The summed E-state index contributed by atoms with van der Waals surface area (Å²) in [5.74, 6) is 1.12. The van der Waals surface area contributed by atoms with E-state index in [1.165, 1.54) is 0 Å². The minimum absolute atomic E-state index is 0.0334. The standard InChI is InChI=1S/C31H37N9O2/c32-30(33)35-13-1-12-34-16-20-2-4-21(5-3-20)25-17-40-19-27(37-31(40)38-29(25)42)22-6-8-24(9-7-22)28(41)36-26-18-39-14-10-23(26)11-15-39/h2-9,17,19,23,26,34H,1,10-16,18H2,(H,36,41)(H4,32,33,35)(H,37,38,42). The maximum Gasteiger partial charge on any atom is 0.260 e. The van der Waals surface area contributed by atoms with E-state index in [4.69, 9.17) is 11.5 Å². The number of carbonyl (C=O) groups excluding carboxylic acids is 1. The molecule has 1 amide bonds. The van der Waals surface area contributed by atoms with Gasteiger partial charge < -0.3 is 27.0 Å². The van der Waals surface area contributed by atoms with Gasteiger partial charge in [-0.25, -0.2) is 4.98 Å². The number of benzene rings is 2. The monoisotopic (exact) mass is 567 g/mol. The number of aromatic nitrogens is 3. The van der Waals surface area contributed by atoms with Gasteiger partial charge in [-0.1, -0.05) is 36.4 Å². The molecule has 11 nitrogen and oxygen atoms in total. The molecule has 3 aliphatic rings. The van der Waals surface area contributed by atoms with Crippen molar-refractivity contribution in [3.05, 3.63) is 82.4 Å². The number of nitrogens with two attached hydrogens (primary N) is 2. The van der Waals surface area contributed by atoms with Gasteiger partial charge in [0.05, 0.1) is 11.3 Å². The number of hydrogen-bond acceptors (Lipinski definition) is 6. The third-order valence-corrected chi connectivity index (χ3v) is 8.29. The Bertz CT molecular complexity index is 1630. The molecular formula is C31H37N9O2. The maximum atomic E-state index is 12.9. The Morgan fingerprint density at radius 2 is 1.76 bits per heavy atom. The summed E-state index contributed by atoms with van der Waals surface area (Å²) in [5.41, 5.74) is 15.2. The molecule has 2 aromatic carbocycles. The highest BCUT2D eigenvalue weighted by Gasteiger charge is 2.34. The summed E-state index contributed by atoms with van der Waals surface area (Å²) in [7, 11) is 0. The van der Waals surface area contributed by atoms with Crippen LogP contribution in [0, 0.1) is 5.92 Å². The quantitative estimate of drug-likeness (QED) is 0.111. The molecule has 1 unspecified atom stereocenters. The minimum Gasteiger partial charge on any atom is -0.370 e. The lowest BCUT2D eigenvalue weighted by Gasteiger charge is -2.44. The molecule has 0 spiro atoms. The molecule has 0 saturated carbocycles. The summed E-state index contributed by atoms with van der Waals surface area (Å²) in [4.78, 5) is 39.8. The minimum atomic E-state index is -0.204. The number of carbonyl (C=O) groups is 1. The fraction of sp³-hybridized carbons (Fsp3) is 0.355. The van der Waals surface area contributed by atoms with Gasteiger partial charge in [-0.2, -0.15) is 0 Å². The Kier molecular flexibility index (Phi) is 8.02. The summed E-state index contributed by atoms with van der Waals surface area (Å²) >= 11 is 0. The zero-order valence-corrected chi connectivity index (χ0v) is 23.6. The number of nitrogens with one attached hydrogen (secondary N) is 3. The number of fused-ring (bicyclic) bond motifs is 4. The predicted molar refractivity (Wildman–Crippen MR) is 164 cm³/mol. The van der Waals surface area contributed by atoms with Crippen LogP contribution >= 0.6 is 0 Å². The molecule has 0 aliphatic carbocycles. The van der Waals surface area contributed by atoms with Crippen LogP contribution in [0.15, 0.2) is 70.7 Å². The number of aromatic amines is 1. The van der Waals surface area contributed by atoms with Gasteiger partial charge in [0.15, 0.2) is 5.96 Å². The SMILES string of the molecule is NC(N)=NCCCNCc1ccc(-c2cn3cc(-c4ccc(C(=O)NC5CN6CCC5CC6)cc4)nc3[nH]c2=O)cc1.